The molecule has 0 aliphatic rings. The first kappa shape index (κ1) is 7.10. The number of aliphatic carboxylic acids is 1. The van der Waals surface area contributed by atoms with Gasteiger partial charge in [0.05, 0.1) is 12.4 Å². The summed E-state index contributed by atoms with van der Waals surface area (Å²) in [5.74, 6) is -1.98. The van der Waals surface area contributed by atoms with E-state index in [-0.39, 0.29) is 6.54 Å². The van der Waals surface area contributed by atoms with Crippen molar-refractivity contribution in [2.24, 2.45) is 0 Å². The molecule has 45 valence electrons. The molecule has 0 aliphatic heterocycles. The van der Waals surface area contributed by atoms with Crippen molar-refractivity contribution in [3.05, 3.63) is 6.42 Å². The number of hydrogen-bond donors (Lipinski definition) is 1. The first-order chi connectivity index (χ1) is 3.66. The van der Waals surface area contributed by atoms with Crippen molar-refractivity contribution in [1.82, 2.24) is 0 Å². The molecule has 0 aromatic heterocycles. The van der Waals surface area contributed by atoms with Gasteiger partial charge in [-0.05, 0) is 0 Å². The van der Waals surface area contributed by atoms with Crippen molar-refractivity contribution in [3.8, 4) is 0 Å². The normalized spacial score (nSPS) is 8.62. The Hall–Kier alpha value is -0.900. The highest BCUT2D eigenvalue weighted by molar-refractivity contribution is 6.05. The summed E-state index contributed by atoms with van der Waals surface area (Å²) < 4.78 is 0. The van der Waals surface area contributed by atoms with Crippen LogP contribution < -0.4 is 10.8 Å². The van der Waals surface area contributed by atoms with Gasteiger partial charge in [-0.3, -0.25) is 4.79 Å². The Morgan fingerprint density at radius 2 is 2.12 bits per heavy atom. The zero-order chi connectivity index (χ0) is 6.57. The van der Waals surface area contributed by atoms with Crippen molar-refractivity contribution in [3.63, 3.8) is 0 Å². The zero-order valence-corrected chi connectivity index (χ0v) is 4.22. The predicted octanol–water partition coefficient (Wildman–Crippen LogP) is -3.25. The van der Waals surface area contributed by atoms with Crippen molar-refractivity contribution in [1.29, 1.82) is 0 Å². The molecule has 0 aromatic rings. The molecule has 0 bridgehead atoms. The highest BCUT2D eigenvalue weighted by Crippen LogP contribution is 1.71. The fourth-order valence-electron chi connectivity index (χ4n) is 0.204. The molecule has 0 heterocycles. The van der Waals surface area contributed by atoms with Crippen LogP contribution in [0.3, 0.4) is 0 Å². The third-order valence-electron chi connectivity index (χ3n) is 0.525. The van der Waals surface area contributed by atoms with Gasteiger partial charge in [-0.1, -0.05) is 0 Å². The third kappa shape index (κ3) is 3.30. The average Bonchev–Trinajstić information content (AvgIpc) is 1.65. The SMILES string of the molecule is [NH3+]CC(=O)[CH]C(=O)[O-]. The Morgan fingerprint density at radius 1 is 1.62 bits per heavy atom. The summed E-state index contributed by atoms with van der Waals surface area (Å²) >= 11 is 0. The van der Waals surface area contributed by atoms with Gasteiger partial charge in [0.15, 0.2) is 5.78 Å². The second-order valence-corrected chi connectivity index (χ2v) is 1.18. The molecule has 4 heteroatoms. The van der Waals surface area contributed by atoms with E-state index in [1.54, 1.807) is 0 Å². The van der Waals surface area contributed by atoms with Crippen LogP contribution in [-0.4, -0.2) is 18.3 Å². The maximum absolute atomic E-state index is 10.1. The van der Waals surface area contributed by atoms with Crippen molar-refractivity contribution in [2.45, 2.75) is 0 Å². The lowest BCUT2D eigenvalue weighted by atomic mass is 10.3. The number of rotatable bonds is 3. The largest absolute Gasteiger partial charge is 0.549 e. The summed E-state index contributed by atoms with van der Waals surface area (Å²) in [6.07, 6.45) is 0.493. The number of carboxylic acids is 1. The molecule has 0 spiro atoms. The van der Waals surface area contributed by atoms with Crippen molar-refractivity contribution < 1.29 is 20.4 Å². The lowest BCUT2D eigenvalue weighted by molar-refractivity contribution is -0.354. The number of carboxylic acid groups (broad SMARTS) is 1. The van der Waals surface area contributed by atoms with Crippen LogP contribution in [0.2, 0.25) is 0 Å². The molecular formula is C4H6NO3. The van der Waals surface area contributed by atoms with Crippen LogP contribution in [0.4, 0.5) is 0 Å². The number of ketones is 1. The molecule has 0 rings (SSSR count). The Kier molecular flexibility index (Phi) is 2.79. The minimum Gasteiger partial charge on any atom is -0.549 e. The van der Waals surface area contributed by atoms with E-state index in [1.165, 1.54) is 0 Å². The standard InChI is InChI=1S/C4H6NO3/c5-2-3(6)1-4(7)8/h1H,2,5H2,(H,7,8). The Labute approximate surface area is 46.3 Å². The van der Waals surface area contributed by atoms with Gasteiger partial charge in [0.25, 0.3) is 0 Å². The van der Waals surface area contributed by atoms with Crippen LogP contribution in [0, 0.1) is 6.42 Å². The molecule has 8 heavy (non-hydrogen) atoms. The molecule has 0 amide bonds. The maximum Gasteiger partial charge on any atom is 0.196 e. The van der Waals surface area contributed by atoms with Gasteiger partial charge in [0.2, 0.25) is 0 Å². The summed E-state index contributed by atoms with van der Waals surface area (Å²) in [5, 5.41) is 9.55. The number of carbonyl (C=O) groups excluding carboxylic acids is 2. The molecule has 3 N–H and O–H groups in total. The van der Waals surface area contributed by atoms with E-state index in [4.69, 9.17) is 0 Å². The molecule has 0 atom stereocenters. The fraction of sp³-hybridized carbons (Fsp3) is 0.250. The van der Waals surface area contributed by atoms with Crippen LogP contribution >= 0.6 is 0 Å². The summed E-state index contributed by atoms with van der Waals surface area (Å²) in [4.78, 5) is 19.6. The summed E-state index contributed by atoms with van der Waals surface area (Å²) in [7, 11) is 0. The van der Waals surface area contributed by atoms with Crippen molar-refractivity contribution >= 4 is 11.8 Å². The van der Waals surface area contributed by atoms with Crippen LogP contribution in [0.15, 0.2) is 0 Å². The van der Waals surface area contributed by atoms with Gasteiger partial charge in [-0.15, -0.1) is 0 Å². The summed E-state index contributed by atoms with van der Waals surface area (Å²) in [6, 6.07) is 0. The Balaban J connectivity index is 3.40. The van der Waals surface area contributed by atoms with E-state index >= 15 is 0 Å². The first-order valence-electron chi connectivity index (χ1n) is 2.04. The van der Waals surface area contributed by atoms with E-state index < -0.39 is 11.8 Å². The lowest BCUT2D eigenvalue weighted by Crippen LogP contribution is -2.55. The summed E-state index contributed by atoms with van der Waals surface area (Å²) in [6.45, 7) is -0.0338. The smallest absolute Gasteiger partial charge is 0.196 e. The molecule has 0 unspecified atom stereocenters. The Morgan fingerprint density at radius 3 is 2.25 bits per heavy atom. The average molecular weight is 116 g/mol. The molecule has 0 saturated heterocycles. The molecule has 4 nitrogen and oxygen atoms in total. The number of hydrogen-bond acceptors (Lipinski definition) is 3. The fourth-order valence-corrected chi connectivity index (χ4v) is 0.204. The number of carbonyl (C=O) groups is 2. The van der Waals surface area contributed by atoms with Crippen LogP contribution in [0.1, 0.15) is 0 Å². The van der Waals surface area contributed by atoms with E-state index in [0.29, 0.717) is 6.42 Å². The number of Topliss-reactive ketones (excluding diaryl/α,β-unsaturated/α-hetero) is 1. The third-order valence-corrected chi connectivity index (χ3v) is 0.525. The van der Waals surface area contributed by atoms with E-state index in [1.807, 2.05) is 0 Å². The van der Waals surface area contributed by atoms with E-state index in [2.05, 4.69) is 5.73 Å². The lowest BCUT2D eigenvalue weighted by Gasteiger charge is -1.93. The highest BCUT2D eigenvalue weighted by Gasteiger charge is 1.99. The van der Waals surface area contributed by atoms with Gasteiger partial charge in [0.1, 0.15) is 6.54 Å². The van der Waals surface area contributed by atoms with Gasteiger partial charge in [-0.25, -0.2) is 0 Å². The first-order valence-corrected chi connectivity index (χ1v) is 2.04. The van der Waals surface area contributed by atoms with Gasteiger partial charge in [0, 0.05) is 0 Å². The molecule has 0 aromatic carbocycles. The molecule has 1 radical (unpaired) electrons. The topological polar surface area (TPSA) is 84.8 Å². The number of quaternary nitrogens is 1. The minimum absolute atomic E-state index is 0.0338. The molecular weight excluding hydrogens is 110 g/mol. The van der Waals surface area contributed by atoms with E-state index in [0.717, 1.165) is 0 Å². The molecule has 0 fully saturated rings. The molecule has 0 aliphatic carbocycles. The minimum atomic E-state index is -1.46. The predicted molar refractivity (Wildman–Crippen MR) is 22.1 cm³/mol. The monoisotopic (exact) mass is 116 g/mol. The van der Waals surface area contributed by atoms with Gasteiger partial charge < -0.3 is 15.6 Å². The Bertz CT molecular complexity index is 110. The van der Waals surface area contributed by atoms with E-state index in [9.17, 15) is 14.7 Å². The second-order valence-electron chi connectivity index (χ2n) is 1.18. The van der Waals surface area contributed by atoms with Gasteiger partial charge in [-0.2, -0.15) is 0 Å². The summed E-state index contributed by atoms with van der Waals surface area (Å²) in [5.41, 5.74) is 3.17. The van der Waals surface area contributed by atoms with Gasteiger partial charge >= 0.3 is 0 Å². The maximum atomic E-state index is 10.1. The van der Waals surface area contributed by atoms with Crippen LogP contribution in [-0.2, 0) is 9.59 Å². The second kappa shape index (κ2) is 3.15. The van der Waals surface area contributed by atoms with Crippen LogP contribution in [0.5, 0.6) is 0 Å². The quantitative estimate of drug-likeness (QED) is 0.393. The zero-order valence-electron chi connectivity index (χ0n) is 4.22. The van der Waals surface area contributed by atoms with Crippen molar-refractivity contribution in [2.75, 3.05) is 6.54 Å². The molecule has 0 saturated carbocycles. The highest BCUT2D eigenvalue weighted by atomic mass is 16.4. The van der Waals surface area contributed by atoms with Crippen LogP contribution in [0.25, 0.3) is 0 Å².